The molecule has 16 heavy (non-hydrogen) atoms. The van der Waals surface area contributed by atoms with Crippen molar-refractivity contribution in [3.05, 3.63) is 22.3 Å². The van der Waals surface area contributed by atoms with Crippen LogP contribution < -0.4 is 0 Å². The maximum atomic E-state index is 2.39. The van der Waals surface area contributed by atoms with Crippen LogP contribution in [0.2, 0.25) is 0 Å². The van der Waals surface area contributed by atoms with Gasteiger partial charge in [0.2, 0.25) is 0 Å². The molecule has 0 aliphatic heterocycles. The number of hydrogen-bond acceptors (Lipinski definition) is 0. The Balaban J connectivity index is 2.91. The number of rotatable bonds is 4. The van der Waals surface area contributed by atoms with Crippen molar-refractivity contribution in [1.29, 1.82) is 0 Å². The second kappa shape index (κ2) is 4.77. The lowest BCUT2D eigenvalue weighted by Gasteiger charge is -2.31. The summed E-state index contributed by atoms with van der Waals surface area (Å²) in [6, 6.07) is 0. The second-order valence-electron chi connectivity index (χ2n) is 6.53. The molecule has 1 fully saturated rings. The van der Waals surface area contributed by atoms with Crippen LogP contribution in [0.15, 0.2) is 22.3 Å². The quantitative estimate of drug-likeness (QED) is 0.586. The molecule has 0 radical (unpaired) electrons. The fraction of sp³-hybridized carbons (Fsp3) is 0.750. The molecule has 1 aliphatic rings. The van der Waals surface area contributed by atoms with E-state index in [4.69, 9.17) is 0 Å². The Morgan fingerprint density at radius 2 is 1.62 bits per heavy atom. The third kappa shape index (κ3) is 3.23. The van der Waals surface area contributed by atoms with Crippen molar-refractivity contribution in [2.24, 2.45) is 11.3 Å². The van der Waals surface area contributed by atoms with Crippen molar-refractivity contribution < 1.29 is 0 Å². The Morgan fingerprint density at radius 1 is 1.12 bits per heavy atom. The van der Waals surface area contributed by atoms with E-state index in [1.165, 1.54) is 24.8 Å². The van der Waals surface area contributed by atoms with Gasteiger partial charge in [-0.2, -0.15) is 0 Å². The van der Waals surface area contributed by atoms with Crippen LogP contribution in [0.4, 0.5) is 0 Å². The molecule has 0 N–H and O–H groups in total. The van der Waals surface area contributed by atoms with E-state index in [0.29, 0.717) is 5.41 Å². The van der Waals surface area contributed by atoms with Gasteiger partial charge in [-0.3, -0.25) is 0 Å². The summed E-state index contributed by atoms with van der Waals surface area (Å²) >= 11 is 0. The van der Waals surface area contributed by atoms with Gasteiger partial charge in [-0.1, -0.05) is 38.8 Å². The van der Waals surface area contributed by atoms with E-state index in [1.807, 2.05) is 0 Å². The van der Waals surface area contributed by atoms with Crippen LogP contribution in [0, 0.1) is 11.3 Å². The summed E-state index contributed by atoms with van der Waals surface area (Å²) in [5.74, 6) is 0.735. The lowest BCUT2D eigenvalue weighted by atomic mass is 9.74. The highest BCUT2D eigenvalue weighted by Gasteiger charge is 2.26. The van der Waals surface area contributed by atoms with Crippen molar-refractivity contribution in [1.82, 2.24) is 0 Å². The molecule has 0 atom stereocenters. The third-order valence-electron chi connectivity index (χ3n) is 4.28. The fourth-order valence-electron chi connectivity index (χ4n) is 1.99. The highest BCUT2D eigenvalue weighted by molar-refractivity contribution is 5.41. The Bertz CT molecular complexity index is 314. The summed E-state index contributed by atoms with van der Waals surface area (Å²) in [6.45, 7) is 16.3. The van der Waals surface area contributed by atoms with Gasteiger partial charge in [-0.25, -0.2) is 0 Å². The molecule has 1 aliphatic carbocycles. The molecule has 0 aromatic carbocycles. The Morgan fingerprint density at radius 3 is 1.94 bits per heavy atom. The van der Waals surface area contributed by atoms with Crippen LogP contribution in [0.3, 0.4) is 0 Å². The van der Waals surface area contributed by atoms with Gasteiger partial charge in [-0.05, 0) is 62.5 Å². The fourth-order valence-corrected chi connectivity index (χ4v) is 1.99. The third-order valence-corrected chi connectivity index (χ3v) is 4.28. The van der Waals surface area contributed by atoms with Crippen molar-refractivity contribution in [3.8, 4) is 0 Å². The van der Waals surface area contributed by atoms with E-state index in [1.54, 1.807) is 16.7 Å². The first-order valence-electron chi connectivity index (χ1n) is 6.61. The predicted octanol–water partition coefficient (Wildman–Crippen LogP) is 5.51. The van der Waals surface area contributed by atoms with Crippen LogP contribution in [0.1, 0.15) is 67.7 Å². The molecule has 0 heterocycles. The van der Waals surface area contributed by atoms with E-state index >= 15 is 0 Å². The summed E-state index contributed by atoms with van der Waals surface area (Å²) in [7, 11) is 0. The van der Waals surface area contributed by atoms with Gasteiger partial charge in [0.15, 0.2) is 0 Å². The van der Waals surface area contributed by atoms with Crippen molar-refractivity contribution in [2.45, 2.75) is 67.7 Å². The van der Waals surface area contributed by atoms with Crippen LogP contribution in [-0.4, -0.2) is 0 Å². The average Bonchev–Trinajstić information content (AvgIpc) is 2.95. The lowest BCUT2D eigenvalue weighted by Crippen LogP contribution is -2.20. The summed E-state index contributed by atoms with van der Waals surface area (Å²) in [5.41, 5.74) is 6.81. The van der Waals surface area contributed by atoms with Crippen LogP contribution >= 0.6 is 0 Å². The van der Waals surface area contributed by atoms with E-state index < -0.39 is 0 Å². The summed E-state index contributed by atoms with van der Waals surface area (Å²) < 4.78 is 0. The minimum absolute atomic E-state index is 0.406. The largest absolute Gasteiger partial charge is 0.0729 e. The van der Waals surface area contributed by atoms with Crippen molar-refractivity contribution >= 4 is 0 Å². The highest BCUT2D eigenvalue weighted by atomic mass is 14.3. The molecule has 0 aromatic rings. The molecule has 92 valence electrons. The van der Waals surface area contributed by atoms with E-state index in [2.05, 4.69) is 48.5 Å². The molecule has 0 spiro atoms. The van der Waals surface area contributed by atoms with Gasteiger partial charge < -0.3 is 0 Å². The minimum atomic E-state index is 0.406. The zero-order valence-corrected chi connectivity index (χ0v) is 12.2. The number of allylic oxidation sites excluding steroid dienone is 4. The van der Waals surface area contributed by atoms with Crippen LogP contribution in [0.25, 0.3) is 0 Å². The molecule has 1 rings (SSSR count). The monoisotopic (exact) mass is 220 g/mol. The summed E-state index contributed by atoms with van der Waals surface area (Å²) in [4.78, 5) is 0. The maximum Gasteiger partial charge on any atom is -0.0223 e. The zero-order valence-electron chi connectivity index (χ0n) is 12.2. The first kappa shape index (κ1) is 13.5. The van der Waals surface area contributed by atoms with Crippen LogP contribution in [0.5, 0.6) is 0 Å². The van der Waals surface area contributed by atoms with Gasteiger partial charge in [-0.15, -0.1) is 0 Å². The second-order valence-corrected chi connectivity index (χ2v) is 6.53. The molecule has 0 heteroatoms. The topological polar surface area (TPSA) is 0 Å². The first-order chi connectivity index (χ1) is 7.25. The standard InChI is InChI=1S/C16H28/c1-11(2)15(13(5)14-8-9-14)10-16(6,7)12(3)4/h12H,8-10H2,1-7H3. The minimum Gasteiger partial charge on any atom is -0.0729 e. The zero-order chi connectivity index (χ0) is 12.5. The van der Waals surface area contributed by atoms with Crippen LogP contribution in [-0.2, 0) is 0 Å². The average molecular weight is 220 g/mol. The molecule has 0 unspecified atom stereocenters. The molecule has 0 saturated heterocycles. The molecule has 0 bridgehead atoms. The van der Waals surface area contributed by atoms with Crippen molar-refractivity contribution in [2.75, 3.05) is 0 Å². The van der Waals surface area contributed by atoms with Gasteiger partial charge in [0.1, 0.15) is 0 Å². The summed E-state index contributed by atoms with van der Waals surface area (Å²) in [5, 5.41) is 0. The van der Waals surface area contributed by atoms with Gasteiger partial charge in [0.05, 0.1) is 0 Å². The Labute approximate surface area is 102 Å². The smallest absolute Gasteiger partial charge is 0.0223 e. The number of hydrogen-bond donors (Lipinski definition) is 0. The van der Waals surface area contributed by atoms with E-state index in [-0.39, 0.29) is 0 Å². The van der Waals surface area contributed by atoms with Gasteiger partial charge in [0.25, 0.3) is 0 Å². The first-order valence-corrected chi connectivity index (χ1v) is 6.61. The molecule has 1 saturated carbocycles. The normalized spacial score (nSPS) is 15.4. The molecular formula is C16H28. The highest BCUT2D eigenvalue weighted by Crippen LogP contribution is 2.41. The molecule has 0 aromatic heterocycles. The maximum absolute atomic E-state index is 2.39. The predicted molar refractivity (Wildman–Crippen MR) is 73.5 cm³/mol. The van der Waals surface area contributed by atoms with E-state index in [9.17, 15) is 0 Å². The van der Waals surface area contributed by atoms with Gasteiger partial charge in [0, 0.05) is 0 Å². The Hall–Kier alpha value is -0.520. The lowest BCUT2D eigenvalue weighted by molar-refractivity contribution is 0.248. The SMILES string of the molecule is CC(C)=C(CC(C)(C)C(C)C)C(C)=C1CC1. The summed E-state index contributed by atoms with van der Waals surface area (Å²) in [6.07, 6.45) is 3.90. The molecule has 0 amide bonds. The molecule has 0 nitrogen and oxygen atoms in total. The van der Waals surface area contributed by atoms with Gasteiger partial charge >= 0.3 is 0 Å². The van der Waals surface area contributed by atoms with Crippen molar-refractivity contribution in [3.63, 3.8) is 0 Å². The van der Waals surface area contributed by atoms with E-state index in [0.717, 1.165) is 5.92 Å². The molecular weight excluding hydrogens is 192 g/mol. The Kier molecular flexibility index (Phi) is 4.04.